The van der Waals surface area contributed by atoms with E-state index in [2.05, 4.69) is 32.4 Å². The minimum Gasteiger partial charge on any atom is -0.353 e. The molecule has 0 unspecified atom stereocenters. The summed E-state index contributed by atoms with van der Waals surface area (Å²) < 4.78 is 110. The molecule has 3 aromatic rings. The topological polar surface area (TPSA) is 136 Å². The van der Waals surface area contributed by atoms with Gasteiger partial charge in [-0.2, -0.15) is 27.5 Å². The molecule has 236 valence electrons. The number of hydrogen-bond donors (Lipinski definition) is 4. The summed E-state index contributed by atoms with van der Waals surface area (Å²) in [6, 6.07) is 2.44. The van der Waals surface area contributed by atoms with E-state index >= 15 is 0 Å². The maximum absolute atomic E-state index is 14.1. The van der Waals surface area contributed by atoms with E-state index in [0.29, 0.717) is 25.8 Å². The molecule has 2 amide bonds. The van der Waals surface area contributed by atoms with Crippen molar-refractivity contribution in [1.29, 1.82) is 0 Å². The van der Waals surface area contributed by atoms with Crippen LogP contribution in [-0.4, -0.2) is 47.5 Å². The van der Waals surface area contributed by atoms with Gasteiger partial charge in [0.25, 0.3) is 29.7 Å². The summed E-state index contributed by atoms with van der Waals surface area (Å²) >= 11 is 0. The van der Waals surface area contributed by atoms with E-state index in [1.54, 1.807) is 0 Å². The van der Waals surface area contributed by atoms with Crippen LogP contribution in [-0.2, 0) is 4.79 Å². The molecule has 0 bridgehead atoms. The summed E-state index contributed by atoms with van der Waals surface area (Å²) in [4.78, 5) is 29.6. The average Bonchev–Trinajstić information content (AvgIpc) is 3.01. The first-order valence-electron chi connectivity index (χ1n) is 12.9. The van der Waals surface area contributed by atoms with Crippen LogP contribution in [0.25, 0.3) is 0 Å². The first kappa shape index (κ1) is 34.4. The molecule has 45 heavy (non-hydrogen) atoms. The largest absolute Gasteiger partial charge is 0.353 e. The molecule has 0 radical (unpaired) electrons. The van der Waals surface area contributed by atoms with Gasteiger partial charge in [-0.1, -0.05) is 30.1 Å². The number of hydrogen-bond acceptors (Lipinski definition) is 6. The Morgan fingerprint density at radius 3 is 1.71 bits per heavy atom. The van der Waals surface area contributed by atoms with E-state index in [4.69, 9.17) is 11.5 Å². The van der Waals surface area contributed by atoms with Crippen LogP contribution < -0.4 is 22.1 Å². The summed E-state index contributed by atoms with van der Waals surface area (Å²) in [7, 11) is 0. The van der Waals surface area contributed by atoms with E-state index in [1.165, 1.54) is 0 Å². The van der Waals surface area contributed by atoms with Crippen molar-refractivity contribution < 1.29 is 44.7 Å². The molecular weight excluding hydrogens is 616 g/mol. The molecule has 0 fully saturated rings. The Balaban J connectivity index is 1.91. The molecule has 1 atom stereocenters. The van der Waals surface area contributed by atoms with Crippen LogP contribution in [0.4, 0.5) is 35.1 Å². The molecule has 0 spiro atoms. The van der Waals surface area contributed by atoms with Crippen molar-refractivity contribution in [3.05, 3.63) is 93.1 Å². The van der Waals surface area contributed by atoms with Gasteiger partial charge >= 0.3 is 0 Å². The highest BCUT2D eigenvalue weighted by Gasteiger charge is 2.21. The van der Waals surface area contributed by atoms with E-state index in [-0.39, 0.29) is 29.8 Å². The average molecular weight is 639 g/mol. The Kier molecular flexibility index (Phi) is 11.9. The second-order valence-corrected chi connectivity index (χ2v) is 9.09. The Labute approximate surface area is 250 Å². The zero-order chi connectivity index (χ0) is 33.3. The molecule has 8 nitrogen and oxygen atoms in total. The number of carbonyl (C=O) groups excluding carboxylic acids is 2. The molecule has 0 aliphatic heterocycles. The van der Waals surface area contributed by atoms with Crippen molar-refractivity contribution in [3.63, 3.8) is 0 Å². The lowest BCUT2D eigenvalue weighted by Gasteiger charge is -2.12. The van der Waals surface area contributed by atoms with Crippen molar-refractivity contribution in [3.8, 4) is 23.7 Å². The number of aromatic nitrogens is 2. The van der Waals surface area contributed by atoms with E-state index in [1.807, 2.05) is 11.8 Å². The number of rotatable bonds is 9. The van der Waals surface area contributed by atoms with E-state index in [9.17, 15) is 44.7 Å². The maximum atomic E-state index is 14.1. The van der Waals surface area contributed by atoms with Gasteiger partial charge in [-0.05, 0) is 37.6 Å². The number of pyridine rings is 2. The monoisotopic (exact) mass is 638 g/mol. The number of halogens is 8. The lowest BCUT2D eigenvalue weighted by molar-refractivity contribution is -0.122. The van der Waals surface area contributed by atoms with Gasteiger partial charge < -0.3 is 22.1 Å². The normalized spacial score (nSPS) is 11.2. The van der Waals surface area contributed by atoms with E-state index in [0.717, 1.165) is 18.2 Å². The fourth-order valence-corrected chi connectivity index (χ4v) is 3.59. The molecular formula is C29H22F8N6O2. The Morgan fingerprint density at radius 2 is 1.20 bits per heavy atom. The van der Waals surface area contributed by atoms with Crippen molar-refractivity contribution in [2.24, 2.45) is 11.5 Å². The van der Waals surface area contributed by atoms with Crippen LogP contribution in [0.5, 0.6) is 0 Å². The fourth-order valence-electron chi connectivity index (χ4n) is 3.59. The predicted molar refractivity (Wildman–Crippen MR) is 143 cm³/mol. The number of nitrogens with one attached hydrogen (secondary N) is 2. The molecule has 0 saturated heterocycles. The first-order valence-corrected chi connectivity index (χ1v) is 12.9. The summed E-state index contributed by atoms with van der Waals surface area (Å²) in [5, 5.41) is 5.01. The highest BCUT2D eigenvalue weighted by Crippen LogP contribution is 2.18. The van der Waals surface area contributed by atoms with E-state index < -0.39 is 76.0 Å². The number of amides is 2. The Morgan fingerprint density at radius 1 is 0.711 bits per heavy atom. The molecule has 6 N–H and O–H groups in total. The smallest absolute Gasteiger partial charge is 0.253 e. The predicted octanol–water partition coefficient (Wildman–Crippen LogP) is 2.69. The van der Waals surface area contributed by atoms with Gasteiger partial charge in [-0.15, -0.1) is 0 Å². The van der Waals surface area contributed by atoms with Gasteiger partial charge in [0, 0.05) is 29.8 Å². The van der Waals surface area contributed by atoms with Crippen LogP contribution in [0.3, 0.4) is 0 Å². The lowest BCUT2D eigenvalue weighted by atomic mass is 10.0. The molecule has 2 aromatic heterocycles. The molecule has 2 heterocycles. The summed E-state index contributed by atoms with van der Waals surface area (Å²) in [5.41, 5.74) is 7.66. The Bertz CT molecular complexity index is 1690. The third kappa shape index (κ3) is 8.75. The zero-order valence-corrected chi connectivity index (χ0v) is 22.9. The number of benzene rings is 1. The summed E-state index contributed by atoms with van der Waals surface area (Å²) in [6.45, 7) is 0.364. The number of nitrogens with zero attached hydrogens (tertiary/aromatic N) is 2. The maximum Gasteiger partial charge on any atom is 0.253 e. The van der Waals surface area contributed by atoms with Crippen molar-refractivity contribution in [2.45, 2.75) is 25.3 Å². The number of unbranched alkanes of at least 4 members (excludes halogenated alkanes) is 1. The quantitative estimate of drug-likeness (QED) is 0.123. The molecule has 3 rings (SSSR count). The highest BCUT2D eigenvalue weighted by atomic mass is 19.2. The SMILES string of the molecule is NCCCC[C@H](N)C(=O)NCCNC(=O)c1ccc(C#Cc2c(F)c(F)nc(F)c2F)c(C#Cc2c(F)c(F)nc(F)c2F)c1. The van der Waals surface area contributed by atoms with Gasteiger partial charge in [-0.3, -0.25) is 9.59 Å². The molecule has 0 aliphatic carbocycles. The van der Waals surface area contributed by atoms with Gasteiger partial charge in [0.15, 0.2) is 23.3 Å². The third-order valence-electron chi connectivity index (χ3n) is 5.94. The summed E-state index contributed by atoms with van der Waals surface area (Å²) in [5.74, 6) is -8.82. The first-order chi connectivity index (χ1) is 21.3. The summed E-state index contributed by atoms with van der Waals surface area (Å²) in [6.07, 6.45) is 1.76. The minimum atomic E-state index is -2.00. The molecule has 0 saturated carbocycles. The third-order valence-corrected chi connectivity index (χ3v) is 5.94. The lowest BCUT2D eigenvalue weighted by Crippen LogP contribution is -2.43. The van der Waals surface area contributed by atoms with Crippen molar-refractivity contribution in [1.82, 2.24) is 20.6 Å². The molecule has 1 aromatic carbocycles. The number of carbonyl (C=O) groups is 2. The van der Waals surface area contributed by atoms with Crippen LogP contribution >= 0.6 is 0 Å². The van der Waals surface area contributed by atoms with Crippen LogP contribution in [0.1, 0.15) is 51.9 Å². The molecule has 16 heteroatoms. The van der Waals surface area contributed by atoms with Gasteiger partial charge in [0.1, 0.15) is 11.1 Å². The van der Waals surface area contributed by atoms with Crippen LogP contribution in [0.2, 0.25) is 0 Å². The van der Waals surface area contributed by atoms with Gasteiger partial charge in [0.2, 0.25) is 5.91 Å². The minimum absolute atomic E-state index is 0.0146. The second kappa shape index (κ2) is 15.6. The Hall–Kier alpha value is -5.06. The molecule has 0 aliphatic rings. The number of nitrogens with two attached hydrogens (primary N) is 2. The zero-order valence-electron chi connectivity index (χ0n) is 22.9. The van der Waals surface area contributed by atoms with Crippen molar-refractivity contribution >= 4 is 11.8 Å². The standard InChI is InChI=1S/C29H22F8N6O2/c30-20-17(21(31)25(35)42-24(20)34)8-6-14-4-5-16(28(44)40-11-12-41-29(45)19(39)3-1-2-10-38)13-15(14)7-9-18-22(32)26(36)43-27(37)23(18)33/h4-5,13,19H,1-3,10-12,38-39H2,(H,40,44)(H,41,45)/t19-/m0/s1. The van der Waals surface area contributed by atoms with Gasteiger partial charge in [0.05, 0.1) is 6.04 Å². The fraction of sp³-hybridized carbons (Fsp3) is 0.241. The van der Waals surface area contributed by atoms with Gasteiger partial charge in [-0.25, -0.2) is 17.6 Å². The van der Waals surface area contributed by atoms with Crippen LogP contribution in [0, 0.1) is 70.7 Å². The second-order valence-electron chi connectivity index (χ2n) is 9.09. The van der Waals surface area contributed by atoms with Crippen LogP contribution in [0.15, 0.2) is 18.2 Å². The highest BCUT2D eigenvalue weighted by molar-refractivity contribution is 5.95. The van der Waals surface area contributed by atoms with Crippen molar-refractivity contribution in [2.75, 3.05) is 19.6 Å².